The van der Waals surface area contributed by atoms with Crippen molar-refractivity contribution in [1.29, 1.82) is 0 Å². The highest BCUT2D eigenvalue weighted by Crippen LogP contribution is 2.34. The van der Waals surface area contributed by atoms with Crippen LogP contribution in [0.4, 0.5) is 0 Å². The summed E-state index contributed by atoms with van der Waals surface area (Å²) in [6, 6.07) is 13.7. The number of fused-ring (bicyclic) bond motifs is 1. The molecule has 0 aliphatic heterocycles. The van der Waals surface area contributed by atoms with E-state index in [1.807, 2.05) is 61.7 Å². The number of benzene rings is 1. The Morgan fingerprint density at radius 1 is 1.21 bits per heavy atom. The number of rotatable bonds is 5. The Balaban J connectivity index is 1.60. The Hall–Kier alpha value is -2.77. The van der Waals surface area contributed by atoms with Gasteiger partial charge in [-0.2, -0.15) is 0 Å². The first-order valence-corrected chi connectivity index (χ1v) is 10.6. The lowest BCUT2D eigenvalue weighted by atomic mass is 10.1. The minimum atomic E-state index is -0.219. The minimum absolute atomic E-state index is 0.0578. The predicted molar refractivity (Wildman–Crippen MR) is 115 cm³/mol. The van der Waals surface area contributed by atoms with Crippen molar-refractivity contribution in [3.8, 4) is 10.4 Å². The van der Waals surface area contributed by atoms with Crippen LogP contribution in [0, 0.1) is 6.92 Å². The molecule has 0 radical (unpaired) electrons. The molecule has 0 aliphatic rings. The average Bonchev–Trinajstić information content (AvgIpc) is 3.31. The highest BCUT2D eigenvalue weighted by atomic mass is 32.1. The van der Waals surface area contributed by atoms with E-state index in [2.05, 4.69) is 10.3 Å². The first-order chi connectivity index (χ1) is 13.5. The first kappa shape index (κ1) is 18.6. The number of hydrogen-bond acceptors (Lipinski definition) is 5. The number of aryl methyl sites for hydroxylation is 1. The quantitative estimate of drug-likeness (QED) is 0.532. The SMILES string of the molecule is Cc1ccc(-c2csc3ncn(CC(=O)NC(C)c4ccccc4)c(=O)c23)s1. The minimum Gasteiger partial charge on any atom is -0.348 e. The van der Waals surface area contributed by atoms with E-state index in [1.54, 1.807) is 11.3 Å². The van der Waals surface area contributed by atoms with Gasteiger partial charge in [-0.1, -0.05) is 30.3 Å². The maximum absolute atomic E-state index is 13.0. The van der Waals surface area contributed by atoms with E-state index in [1.165, 1.54) is 27.1 Å². The molecule has 0 fully saturated rings. The zero-order valence-electron chi connectivity index (χ0n) is 15.5. The fraction of sp³-hybridized carbons (Fsp3) is 0.190. The van der Waals surface area contributed by atoms with Crippen molar-refractivity contribution < 1.29 is 4.79 Å². The Bertz CT molecular complexity index is 1190. The number of carbonyl (C=O) groups is 1. The molecule has 3 heterocycles. The normalized spacial score (nSPS) is 12.2. The van der Waals surface area contributed by atoms with Crippen molar-refractivity contribution in [2.75, 3.05) is 0 Å². The molecule has 0 saturated heterocycles. The summed E-state index contributed by atoms with van der Waals surface area (Å²) in [6.45, 7) is 3.91. The van der Waals surface area contributed by atoms with E-state index >= 15 is 0 Å². The molecule has 3 aromatic heterocycles. The van der Waals surface area contributed by atoms with Crippen LogP contribution in [0.2, 0.25) is 0 Å². The third-order valence-corrected chi connectivity index (χ3v) is 6.48. The van der Waals surface area contributed by atoms with Crippen molar-refractivity contribution in [2.24, 2.45) is 0 Å². The van der Waals surface area contributed by atoms with Crippen LogP contribution in [0.25, 0.3) is 20.7 Å². The van der Waals surface area contributed by atoms with Gasteiger partial charge in [0.05, 0.1) is 17.8 Å². The molecule has 0 bridgehead atoms. The molecule has 7 heteroatoms. The number of nitrogens with one attached hydrogen (secondary N) is 1. The lowest BCUT2D eigenvalue weighted by Gasteiger charge is -2.14. The van der Waals surface area contributed by atoms with E-state index in [0.717, 1.165) is 16.0 Å². The molecule has 4 aromatic rings. The second-order valence-corrected chi connectivity index (χ2v) is 8.76. The van der Waals surface area contributed by atoms with Gasteiger partial charge in [0.25, 0.3) is 5.56 Å². The second kappa shape index (κ2) is 7.69. The van der Waals surface area contributed by atoms with Gasteiger partial charge >= 0.3 is 0 Å². The Morgan fingerprint density at radius 2 is 2.00 bits per heavy atom. The number of carbonyl (C=O) groups excluding carboxylic acids is 1. The van der Waals surface area contributed by atoms with E-state index in [-0.39, 0.29) is 24.1 Å². The fourth-order valence-electron chi connectivity index (χ4n) is 3.11. The summed E-state index contributed by atoms with van der Waals surface area (Å²) in [5, 5.41) is 5.49. The molecular formula is C21H19N3O2S2. The van der Waals surface area contributed by atoms with E-state index < -0.39 is 0 Å². The molecule has 1 N–H and O–H groups in total. The standard InChI is InChI=1S/C21H19N3O2S2/c1-13-8-9-17(28-13)16-11-27-20-19(16)21(26)24(12-22-20)10-18(25)23-14(2)15-6-4-3-5-7-15/h3-9,11-12,14H,10H2,1-2H3,(H,23,25). The van der Waals surface area contributed by atoms with Gasteiger partial charge in [0.2, 0.25) is 5.91 Å². The summed E-state index contributed by atoms with van der Waals surface area (Å²) < 4.78 is 1.38. The van der Waals surface area contributed by atoms with Gasteiger partial charge in [-0.05, 0) is 31.5 Å². The van der Waals surface area contributed by atoms with Crippen molar-refractivity contribution >= 4 is 38.8 Å². The smallest absolute Gasteiger partial charge is 0.263 e. The van der Waals surface area contributed by atoms with E-state index in [9.17, 15) is 9.59 Å². The van der Waals surface area contributed by atoms with Crippen molar-refractivity contribution in [3.05, 3.63) is 75.0 Å². The molecule has 1 atom stereocenters. The summed E-state index contributed by atoms with van der Waals surface area (Å²) in [5.74, 6) is -0.219. The van der Waals surface area contributed by atoms with E-state index in [4.69, 9.17) is 0 Å². The number of nitrogens with zero attached hydrogens (tertiary/aromatic N) is 2. The zero-order chi connectivity index (χ0) is 19.7. The van der Waals surface area contributed by atoms with E-state index in [0.29, 0.717) is 10.2 Å². The third-order valence-electron chi connectivity index (χ3n) is 4.56. The lowest BCUT2D eigenvalue weighted by molar-refractivity contribution is -0.122. The lowest BCUT2D eigenvalue weighted by Crippen LogP contribution is -2.33. The molecular weight excluding hydrogens is 390 g/mol. The molecule has 1 aromatic carbocycles. The molecule has 142 valence electrons. The van der Waals surface area contributed by atoms with Crippen LogP contribution in [-0.4, -0.2) is 15.5 Å². The van der Waals surface area contributed by atoms with Gasteiger partial charge in [0.15, 0.2) is 0 Å². The van der Waals surface area contributed by atoms with Crippen LogP contribution < -0.4 is 10.9 Å². The summed E-state index contributed by atoms with van der Waals surface area (Å²) in [5.41, 5.74) is 1.72. The molecule has 4 rings (SSSR count). The summed E-state index contributed by atoms with van der Waals surface area (Å²) >= 11 is 3.10. The van der Waals surface area contributed by atoms with Crippen LogP contribution >= 0.6 is 22.7 Å². The van der Waals surface area contributed by atoms with Crippen molar-refractivity contribution in [3.63, 3.8) is 0 Å². The van der Waals surface area contributed by atoms with Crippen molar-refractivity contribution in [2.45, 2.75) is 26.4 Å². The van der Waals surface area contributed by atoms with Gasteiger partial charge < -0.3 is 5.32 Å². The maximum atomic E-state index is 13.0. The van der Waals surface area contributed by atoms with Gasteiger partial charge in [-0.15, -0.1) is 22.7 Å². The van der Waals surface area contributed by atoms with Crippen LogP contribution in [0.1, 0.15) is 23.4 Å². The van der Waals surface area contributed by atoms with Crippen LogP contribution in [-0.2, 0) is 11.3 Å². The van der Waals surface area contributed by atoms with Gasteiger partial charge in [0.1, 0.15) is 11.4 Å². The summed E-state index contributed by atoms with van der Waals surface area (Å²) in [6.07, 6.45) is 1.46. The number of amides is 1. The second-order valence-electron chi connectivity index (χ2n) is 6.62. The predicted octanol–water partition coefficient (Wildman–Crippen LogP) is 4.37. The summed E-state index contributed by atoms with van der Waals surface area (Å²) in [4.78, 5) is 32.8. The first-order valence-electron chi connectivity index (χ1n) is 8.90. The molecule has 1 amide bonds. The van der Waals surface area contributed by atoms with Crippen LogP contribution in [0.5, 0.6) is 0 Å². The van der Waals surface area contributed by atoms with Gasteiger partial charge in [-0.25, -0.2) is 4.98 Å². The number of aromatic nitrogens is 2. The summed E-state index contributed by atoms with van der Waals surface area (Å²) in [7, 11) is 0. The zero-order valence-corrected chi connectivity index (χ0v) is 17.1. The fourth-order valence-corrected chi connectivity index (χ4v) is 4.97. The number of hydrogen-bond donors (Lipinski definition) is 1. The molecule has 1 unspecified atom stereocenters. The largest absolute Gasteiger partial charge is 0.348 e. The maximum Gasteiger partial charge on any atom is 0.263 e. The number of thiophene rings is 2. The highest BCUT2D eigenvalue weighted by Gasteiger charge is 2.16. The Labute approximate surface area is 170 Å². The molecule has 0 saturated carbocycles. The average molecular weight is 410 g/mol. The molecule has 28 heavy (non-hydrogen) atoms. The van der Waals surface area contributed by atoms with Gasteiger partial charge in [-0.3, -0.25) is 14.2 Å². The van der Waals surface area contributed by atoms with Gasteiger partial charge in [0, 0.05) is 20.7 Å². The topological polar surface area (TPSA) is 64.0 Å². The van der Waals surface area contributed by atoms with Crippen LogP contribution in [0.15, 0.2) is 59.0 Å². The highest BCUT2D eigenvalue weighted by molar-refractivity contribution is 7.19. The monoisotopic (exact) mass is 409 g/mol. The van der Waals surface area contributed by atoms with Crippen LogP contribution in [0.3, 0.4) is 0 Å². The Morgan fingerprint density at radius 3 is 2.71 bits per heavy atom. The molecule has 0 aliphatic carbocycles. The molecule has 0 spiro atoms. The van der Waals surface area contributed by atoms with Crippen molar-refractivity contribution in [1.82, 2.24) is 14.9 Å². The molecule has 5 nitrogen and oxygen atoms in total. The third kappa shape index (κ3) is 3.63. The Kier molecular flexibility index (Phi) is 5.11.